The predicted octanol–water partition coefficient (Wildman–Crippen LogP) is 3.08. The number of thiol groups is 1. The molecule has 192 valence electrons. The van der Waals surface area contributed by atoms with Gasteiger partial charge in [-0.05, 0) is 36.8 Å². The third-order valence-electron chi connectivity index (χ3n) is 5.41. The van der Waals surface area contributed by atoms with Gasteiger partial charge in [0.25, 0.3) is 0 Å². The first kappa shape index (κ1) is 28.1. The molecule has 2 amide bonds. The van der Waals surface area contributed by atoms with Crippen LogP contribution in [-0.4, -0.2) is 68.5 Å². The Morgan fingerprint density at radius 1 is 1.34 bits per heavy atom. The molecule has 0 aliphatic carbocycles. The molecule has 12 heteroatoms. The number of thioether (sulfide) groups is 2. The van der Waals surface area contributed by atoms with E-state index in [1.54, 1.807) is 24.8 Å². The van der Waals surface area contributed by atoms with Crippen LogP contribution >= 0.6 is 47.5 Å². The van der Waals surface area contributed by atoms with Crippen LogP contribution < -0.4 is 10.6 Å². The van der Waals surface area contributed by atoms with Crippen LogP contribution in [0.3, 0.4) is 0 Å². The van der Waals surface area contributed by atoms with Crippen LogP contribution in [0, 0.1) is 5.92 Å². The number of esters is 1. The molecule has 3 heterocycles. The monoisotopic (exact) mass is 556 g/mol. The second-order valence-electron chi connectivity index (χ2n) is 8.81. The summed E-state index contributed by atoms with van der Waals surface area (Å²) in [5, 5.41) is 9.03. The Balaban J connectivity index is 1.83. The number of cyclic esters (lactones) is 1. The highest BCUT2D eigenvalue weighted by Crippen LogP contribution is 2.32. The number of allylic oxidation sites excluding steroid dienone is 1. The number of rotatable bonds is 7. The minimum absolute atomic E-state index is 0.0106. The molecule has 3 rings (SSSR count). The van der Waals surface area contributed by atoms with Gasteiger partial charge in [-0.3, -0.25) is 14.6 Å². The number of hydrogen-bond donors (Lipinski definition) is 3. The van der Waals surface area contributed by atoms with Crippen molar-refractivity contribution >= 4 is 70.3 Å². The molecule has 35 heavy (non-hydrogen) atoms. The number of nitrogens with zero attached hydrogens (tertiary/aromatic N) is 2. The van der Waals surface area contributed by atoms with E-state index in [-0.39, 0.29) is 30.7 Å². The van der Waals surface area contributed by atoms with Gasteiger partial charge in [0.1, 0.15) is 33.4 Å². The van der Waals surface area contributed by atoms with Gasteiger partial charge < -0.3 is 15.4 Å². The topological polar surface area (TPSA) is 110 Å². The summed E-state index contributed by atoms with van der Waals surface area (Å²) in [5.41, 5.74) is -0.309. The highest BCUT2D eigenvalue weighted by molar-refractivity contribution is 8.14. The van der Waals surface area contributed by atoms with Gasteiger partial charge in [0.05, 0.1) is 13.0 Å². The van der Waals surface area contributed by atoms with Crippen LogP contribution in [0.2, 0.25) is 0 Å². The average Bonchev–Trinajstić information content (AvgIpc) is 3.44. The number of carbonyl (C=O) groups excluding carboxylic acids is 3. The van der Waals surface area contributed by atoms with E-state index in [0.717, 1.165) is 28.7 Å². The lowest BCUT2D eigenvalue weighted by molar-refractivity contribution is -0.153. The quantitative estimate of drug-likeness (QED) is 0.205. The number of carbonyl (C=O) groups is 3. The number of aromatic nitrogens is 1. The van der Waals surface area contributed by atoms with Gasteiger partial charge in [0.15, 0.2) is 0 Å². The summed E-state index contributed by atoms with van der Waals surface area (Å²) in [6.07, 6.45) is 3.73. The van der Waals surface area contributed by atoms with Crippen LogP contribution in [0.4, 0.5) is 0 Å². The van der Waals surface area contributed by atoms with Crippen molar-refractivity contribution in [3.63, 3.8) is 0 Å². The van der Waals surface area contributed by atoms with Gasteiger partial charge in [-0.1, -0.05) is 19.9 Å². The maximum atomic E-state index is 13.2. The molecule has 1 aromatic rings. The number of amides is 2. The molecular formula is C23H32N4O4S4. The number of thiazole rings is 1. The van der Waals surface area contributed by atoms with Crippen LogP contribution in [-0.2, 0) is 25.7 Å². The average molecular weight is 557 g/mol. The summed E-state index contributed by atoms with van der Waals surface area (Å²) < 4.78 is 5.74. The lowest BCUT2D eigenvalue weighted by Crippen LogP contribution is -2.53. The van der Waals surface area contributed by atoms with Gasteiger partial charge in [-0.2, -0.15) is 24.4 Å². The SMILES string of the molecule is CC(C)[C@@H]1NC(=O)[C@]2(C)CSC(=N2)c2csc(n2)CNC(=O)C[C@@H](/C=C/CCSCCS)OC1=O. The molecule has 0 saturated carbocycles. The fourth-order valence-electron chi connectivity index (χ4n) is 3.40. The molecule has 2 aliphatic rings. The van der Waals surface area contributed by atoms with E-state index in [0.29, 0.717) is 16.5 Å². The van der Waals surface area contributed by atoms with E-state index >= 15 is 0 Å². The predicted molar refractivity (Wildman–Crippen MR) is 148 cm³/mol. The zero-order chi connectivity index (χ0) is 25.4. The van der Waals surface area contributed by atoms with Crippen molar-refractivity contribution in [2.45, 2.75) is 57.8 Å². The highest BCUT2D eigenvalue weighted by Gasteiger charge is 2.41. The van der Waals surface area contributed by atoms with Crippen molar-refractivity contribution in [2.24, 2.45) is 10.9 Å². The Hall–Kier alpha value is -1.50. The zero-order valence-electron chi connectivity index (χ0n) is 20.1. The third-order valence-corrected chi connectivity index (χ3v) is 9.08. The minimum Gasteiger partial charge on any atom is -0.456 e. The molecule has 0 spiro atoms. The molecule has 1 aromatic heterocycles. The second-order valence-corrected chi connectivity index (χ2v) is 12.4. The number of aliphatic imine (C=N–C) groups is 1. The maximum Gasteiger partial charge on any atom is 0.329 e. The number of fused-ring (bicyclic) bond motifs is 4. The van der Waals surface area contributed by atoms with Crippen molar-refractivity contribution in [2.75, 3.05) is 23.0 Å². The van der Waals surface area contributed by atoms with Crippen molar-refractivity contribution in [1.82, 2.24) is 15.6 Å². The van der Waals surface area contributed by atoms with Gasteiger partial charge in [-0.25, -0.2) is 9.78 Å². The molecule has 2 aliphatic heterocycles. The summed E-state index contributed by atoms with van der Waals surface area (Å²) in [6.45, 7) is 5.73. The molecule has 4 bridgehead atoms. The Bertz CT molecular complexity index is 980. The summed E-state index contributed by atoms with van der Waals surface area (Å²) >= 11 is 8.89. The van der Waals surface area contributed by atoms with Crippen LogP contribution in [0.1, 0.15) is 44.3 Å². The molecular weight excluding hydrogens is 525 g/mol. The second kappa shape index (κ2) is 13.2. The first-order valence-electron chi connectivity index (χ1n) is 11.5. The van der Waals surface area contributed by atoms with Gasteiger partial charge in [-0.15, -0.1) is 23.1 Å². The Morgan fingerprint density at radius 3 is 2.89 bits per heavy atom. The lowest BCUT2D eigenvalue weighted by Gasteiger charge is -2.27. The summed E-state index contributed by atoms with van der Waals surface area (Å²) in [5.74, 6) is 1.82. The van der Waals surface area contributed by atoms with Crippen LogP contribution in [0.25, 0.3) is 0 Å². The summed E-state index contributed by atoms with van der Waals surface area (Å²) in [4.78, 5) is 48.2. The maximum absolute atomic E-state index is 13.2. The molecule has 0 unspecified atom stereocenters. The molecule has 0 fully saturated rings. The van der Waals surface area contributed by atoms with Crippen LogP contribution in [0.5, 0.6) is 0 Å². The molecule has 0 radical (unpaired) electrons. The van der Waals surface area contributed by atoms with E-state index in [9.17, 15) is 14.4 Å². The Labute approximate surface area is 224 Å². The minimum atomic E-state index is -1.01. The first-order valence-corrected chi connectivity index (χ1v) is 15.2. The number of ether oxygens (including phenoxy) is 1. The largest absolute Gasteiger partial charge is 0.456 e. The third kappa shape index (κ3) is 7.99. The van der Waals surface area contributed by atoms with Gasteiger partial charge in [0.2, 0.25) is 11.8 Å². The standard InChI is InChI=1S/C23H32N4O4S4/c1-14(2)19-21(29)31-15(6-4-5-8-33-9-7-32)10-17(28)24-11-18-25-16(12-34-18)20-27-23(3,13-35-20)22(30)26-19/h4,6,12,14-15,19,32H,5,7-11,13H2,1-3H3,(H,24,28)(H,26,30)/b6-4+/t15-,19+,23+/m1/s1. The van der Waals surface area contributed by atoms with E-state index in [2.05, 4.69) is 33.2 Å². The normalized spacial score (nSPS) is 26.0. The highest BCUT2D eigenvalue weighted by atomic mass is 32.2. The van der Waals surface area contributed by atoms with Crippen molar-refractivity contribution < 1.29 is 19.1 Å². The van der Waals surface area contributed by atoms with Crippen LogP contribution in [0.15, 0.2) is 22.5 Å². The summed E-state index contributed by atoms with van der Waals surface area (Å²) in [7, 11) is 0. The van der Waals surface area contributed by atoms with E-state index in [1.165, 1.54) is 23.1 Å². The lowest BCUT2D eigenvalue weighted by atomic mass is 10.0. The molecule has 8 nitrogen and oxygen atoms in total. The van der Waals surface area contributed by atoms with Gasteiger partial charge in [0, 0.05) is 16.9 Å². The summed E-state index contributed by atoms with van der Waals surface area (Å²) in [6, 6.07) is -0.854. The fourth-order valence-corrected chi connectivity index (χ4v) is 6.34. The molecule has 2 N–H and O–H groups in total. The Morgan fingerprint density at radius 2 is 2.14 bits per heavy atom. The number of nitrogens with one attached hydrogen (secondary N) is 2. The smallest absolute Gasteiger partial charge is 0.329 e. The molecule has 0 saturated heterocycles. The fraction of sp³-hybridized carbons (Fsp3) is 0.609. The molecule has 3 atom stereocenters. The van der Waals surface area contributed by atoms with Crippen molar-refractivity contribution in [3.05, 3.63) is 28.2 Å². The van der Waals surface area contributed by atoms with E-state index in [1.807, 2.05) is 25.3 Å². The molecule has 0 aromatic carbocycles. The van der Waals surface area contributed by atoms with E-state index < -0.39 is 23.7 Å². The van der Waals surface area contributed by atoms with E-state index in [4.69, 9.17) is 4.74 Å². The van der Waals surface area contributed by atoms with Crippen molar-refractivity contribution in [3.8, 4) is 0 Å². The van der Waals surface area contributed by atoms with Gasteiger partial charge >= 0.3 is 5.97 Å². The van der Waals surface area contributed by atoms with Crippen molar-refractivity contribution in [1.29, 1.82) is 0 Å². The Kier molecular flexibility index (Phi) is 10.6. The number of hydrogen-bond acceptors (Lipinski definition) is 10. The first-order chi connectivity index (χ1) is 16.7. The zero-order valence-corrected chi connectivity index (χ0v) is 23.5.